The predicted octanol–water partition coefficient (Wildman–Crippen LogP) is 2.57. The van der Waals surface area contributed by atoms with Gasteiger partial charge in [-0.15, -0.1) is 0 Å². The fourth-order valence-electron chi connectivity index (χ4n) is 2.98. The van der Waals surface area contributed by atoms with E-state index in [2.05, 4.69) is 4.98 Å². The monoisotopic (exact) mass is 356 g/mol. The van der Waals surface area contributed by atoms with Crippen LogP contribution < -0.4 is 9.47 Å². The van der Waals surface area contributed by atoms with Crippen molar-refractivity contribution in [3.63, 3.8) is 0 Å². The highest BCUT2D eigenvalue weighted by Crippen LogP contribution is 2.25. The molecule has 7 nitrogen and oxygen atoms in total. The van der Waals surface area contributed by atoms with Crippen LogP contribution in [0.25, 0.3) is 0 Å². The molecule has 3 rings (SSSR count). The number of carbonyl (C=O) groups excluding carboxylic acids is 1. The first-order valence-electron chi connectivity index (χ1n) is 8.38. The molecular formula is C19H20N2O5. The maximum atomic E-state index is 12.3. The van der Waals surface area contributed by atoms with Gasteiger partial charge in [0, 0.05) is 24.8 Å². The minimum absolute atomic E-state index is 0.128. The Morgan fingerprint density at radius 2 is 1.92 bits per heavy atom. The minimum Gasteiger partial charge on any atom is -0.484 e. The number of aliphatic carboxylic acids is 1. The summed E-state index contributed by atoms with van der Waals surface area (Å²) in [7, 11) is 0. The number of nitrogens with zero attached hydrogens (tertiary/aromatic N) is 2. The molecule has 1 amide bonds. The number of carboxylic acids is 1. The normalized spacial score (nSPS) is 19.2. The maximum Gasteiger partial charge on any atom is 0.308 e. The van der Waals surface area contributed by atoms with Crippen LogP contribution in [-0.2, 0) is 9.59 Å². The van der Waals surface area contributed by atoms with Crippen LogP contribution in [0.2, 0.25) is 0 Å². The Bertz CT molecular complexity index is 763. The fraction of sp³-hybridized carbons (Fsp3) is 0.316. The van der Waals surface area contributed by atoms with E-state index in [1.54, 1.807) is 54.4 Å². The lowest BCUT2D eigenvalue weighted by Gasteiger charge is -2.23. The number of ether oxygens (including phenoxy) is 2. The second-order valence-corrected chi connectivity index (χ2v) is 6.09. The number of hydrogen-bond donors (Lipinski definition) is 1. The molecule has 2 unspecified atom stereocenters. The van der Waals surface area contributed by atoms with Crippen LogP contribution in [0.1, 0.15) is 13.3 Å². The van der Waals surface area contributed by atoms with Crippen molar-refractivity contribution in [2.75, 3.05) is 13.2 Å². The van der Waals surface area contributed by atoms with Gasteiger partial charge in [0.25, 0.3) is 5.91 Å². The van der Waals surface area contributed by atoms with E-state index in [0.717, 1.165) is 0 Å². The molecule has 1 fully saturated rings. The number of hydrogen-bond acceptors (Lipinski definition) is 5. The van der Waals surface area contributed by atoms with Gasteiger partial charge in [-0.1, -0.05) is 6.07 Å². The number of aromatic nitrogens is 1. The number of pyridine rings is 1. The summed E-state index contributed by atoms with van der Waals surface area (Å²) in [6.07, 6.45) is 2.12. The van der Waals surface area contributed by atoms with E-state index in [4.69, 9.17) is 14.6 Å². The largest absolute Gasteiger partial charge is 0.484 e. The van der Waals surface area contributed by atoms with E-state index < -0.39 is 11.9 Å². The lowest BCUT2D eigenvalue weighted by molar-refractivity contribution is -0.143. The number of benzene rings is 1. The molecule has 1 saturated heterocycles. The molecule has 0 spiro atoms. The third-order valence-electron chi connectivity index (χ3n) is 4.44. The van der Waals surface area contributed by atoms with E-state index in [-0.39, 0.29) is 18.6 Å². The van der Waals surface area contributed by atoms with Crippen LogP contribution >= 0.6 is 0 Å². The molecule has 0 radical (unpaired) electrons. The van der Waals surface area contributed by atoms with Crippen LogP contribution in [-0.4, -0.2) is 46.1 Å². The lowest BCUT2D eigenvalue weighted by atomic mass is 10.0. The van der Waals surface area contributed by atoms with Crippen LogP contribution in [0, 0.1) is 5.92 Å². The number of carbonyl (C=O) groups is 2. The van der Waals surface area contributed by atoms with Gasteiger partial charge >= 0.3 is 5.97 Å². The summed E-state index contributed by atoms with van der Waals surface area (Å²) in [6, 6.07) is 11.9. The zero-order valence-electron chi connectivity index (χ0n) is 14.4. The van der Waals surface area contributed by atoms with Crippen molar-refractivity contribution in [1.82, 2.24) is 9.88 Å². The van der Waals surface area contributed by atoms with Crippen LogP contribution in [0.5, 0.6) is 17.4 Å². The zero-order chi connectivity index (χ0) is 18.5. The SMILES string of the molecule is CC1C(C(=O)O)CCN1C(=O)COc1ccc(Oc2ccccn2)cc1. The summed E-state index contributed by atoms with van der Waals surface area (Å²) in [4.78, 5) is 29.1. The van der Waals surface area contributed by atoms with Crippen LogP contribution in [0.3, 0.4) is 0 Å². The van der Waals surface area contributed by atoms with E-state index >= 15 is 0 Å². The molecular weight excluding hydrogens is 336 g/mol. The Hall–Kier alpha value is -3.09. The van der Waals surface area contributed by atoms with Crippen LogP contribution in [0.15, 0.2) is 48.7 Å². The molecule has 136 valence electrons. The number of amides is 1. The van der Waals surface area contributed by atoms with E-state index in [0.29, 0.717) is 30.3 Å². The van der Waals surface area contributed by atoms with Crippen molar-refractivity contribution in [2.45, 2.75) is 19.4 Å². The average Bonchev–Trinajstić information content (AvgIpc) is 3.03. The standard InChI is InChI=1S/C19H20N2O5/c1-13-16(19(23)24)9-11-21(13)18(22)12-25-14-5-7-15(8-6-14)26-17-4-2-3-10-20-17/h2-8,10,13,16H,9,11-12H2,1H3,(H,23,24). The van der Waals surface area contributed by atoms with Crippen molar-refractivity contribution in [1.29, 1.82) is 0 Å². The third kappa shape index (κ3) is 4.11. The first kappa shape index (κ1) is 17.7. The fourth-order valence-corrected chi connectivity index (χ4v) is 2.98. The van der Waals surface area contributed by atoms with E-state index in [9.17, 15) is 9.59 Å². The molecule has 2 heterocycles. The second kappa shape index (κ2) is 7.86. The maximum absolute atomic E-state index is 12.3. The minimum atomic E-state index is -0.864. The summed E-state index contributed by atoms with van der Waals surface area (Å²) in [5, 5.41) is 9.14. The van der Waals surface area contributed by atoms with Gasteiger partial charge in [-0.25, -0.2) is 4.98 Å². The summed E-state index contributed by atoms with van der Waals surface area (Å²) < 4.78 is 11.1. The lowest BCUT2D eigenvalue weighted by Crippen LogP contribution is -2.40. The zero-order valence-corrected chi connectivity index (χ0v) is 14.4. The van der Waals surface area contributed by atoms with Gasteiger partial charge in [0.15, 0.2) is 6.61 Å². The molecule has 1 N–H and O–H groups in total. The van der Waals surface area contributed by atoms with Gasteiger partial charge in [0.2, 0.25) is 5.88 Å². The van der Waals surface area contributed by atoms with E-state index in [1.165, 1.54) is 0 Å². The smallest absolute Gasteiger partial charge is 0.308 e. The van der Waals surface area contributed by atoms with Gasteiger partial charge in [0.05, 0.1) is 5.92 Å². The van der Waals surface area contributed by atoms with Crippen LogP contribution in [0.4, 0.5) is 0 Å². The number of rotatable bonds is 6. The molecule has 2 atom stereocenters. The molecule has 1 aromatic heterocycles. The van der Waals surface area contributed by atoms with Gasteiger partial charge in [-0.05, 0) is 43.7 Å². The Morgan fingerprint density at radius 3 is 2.54 bits per heavy atom. The highest BCUT2D eigenvalue weighted by atomic mass is 16.5. The third-order valence-corrected chi connectivity index (χ3v) is 4.44. The highest BCUT2D eigenvalue weighted by molar-refractivity contribution is 5.80. The highest BCUT2D eigenvalue weighted by Gasteiger charge is 2.38. The number of carboxylic acid groups (broad SMARTS) is 1. The molecule has 1 aliphatic heterocycles. The number of likely N-dealkylation sites (tertiary alicyclic amines) is 1. The summed E-state index contributed by atoms with van der Waals surface area (Å²) in [6.45, 7) is 2.07. The molecule has 7 heteroatoms. The molecule has 0 bridgehead atoms. The summed E-state index contributed by atoms with van der Waals surface area (Å²) in [5.41, 5.74) is 0. The quantitative estimate of drug-likeness (QED) is 0.856. The topological polar surface area (TPSA) is 89.0 Å². The molecule has 26 heavy (non-hydrogen) atoms. The summed E-state index contributed by atoms with van der Waals surface area (Å²) in [5.74, 6) is 0.0507. The molecule has 1 aliphatic rings. The van der Waals surface area contributed by atoms with Gasteiger partial charge in [-0.3, -0.25) is 9.59 Å². The van der Waals surface area contributed by atoms with Crippen molar-refractivity contribution in [2.24, 2.45) is 5.92 Å². The Balaban J connectivity index is 1.52. The predicted molar refractivity (Wildman–Crippen MR) is 93.2 cm³/mol. The van der Waals surface area contributed by atoms with E-state index in [1.807, 2.05) is 6.07 Å². The van der Waals surface area contributed by atoms with Crippen molar-refractivity contribution in [3.8, 4) is 17.4 Å². The van der Waals surface area contributed by atoms with Crippen molar-refractivity contribution >= 4 is 11.9 Å². The molecule has 2 aromatic rings. The molecule has 1 aromatic carbocycles. The molecule has 0 aliphatic carbocycles. The average molecular weight is 356 g/mol. The molecule has 0 saturated carbocycles. The Kier molecular flexibility index (Phi) is 5.36. The Morgan fingerprint density at radius 1 is 1.19 bits per heavy atom. The summed E-state index contributed by atoms with van der Waals surface area (Å²) >= 11 is 0. The van der Waals surface area contributed by atoms with Crippen molar-refractivity contribution in [3.05, 3.63) is 48.7 Å². The van der Waals surface area contributed by atoms with Gasteiger partial charge < -0.3 is 19.5 Å². The van der Waals surface area contributed by atoms with Gasteiger partial charge in [-0.2, -0.15) is 0 Å². The first-order chi connectivity index (χ1) is 12.5. The van der Waals surface area contributed by atoms with Crippen molar-refractivity contribution < 1.29 is 24.2 Å². The second-order valence-electron chi connectivity index (χ2n) is 6.09. The van der Waals surface area contributed by atoms with Gasteiger partial charge in [0.1, 0.15) is 11.5 Å². The first-order valence-corrected chi connectivity index (χ1v) is 8.38. The Labute approximate surface area is 151 Å².